The number of hydrogen-bond acceptors (Lipinski definition) is 5. The lowest BCUT2D eigenvalue weighted by atomic mass is 10.2. The van der Waals surface area contributed by atoms with Crippen LogP contribution in [0.4, 0.5) is 5.69 Å². The fourth-order valence-corrected chi connectivity index (χ4v) is 4.29. The number of hydrogen-bond donors (Lipinski definition) is 1. The Bertz CT molecular complexity index is 918. The van der Waals surface area contributed by atoms with E-state index in [1.165, 1.54) is 29.6 Å². The van der Waals surface area contributed by atoms with Crippen molar-refractivity contribution in [3.63, 3.8) is 0 Å². The molecule has 8 heteroatoms. The van der Waals surface area contributed by atoms with Crippen LogP contribution in [0.5, 0.6) is 5.75 Å². The Morgan fingerprint density at radius 3 is 2.37 bits per heavy atom. The molecule has 0 aliphatic heterocycles. The summed E-state index contributed by atoms with van der Waals surface area (Å²) in [5.41, 5.74) is 2.17. The molecule has 27 heavy (non-hydrogen) atoms. The maximum atomic E-state index is 12.8. The van der Waals surface area contributed by atoms with E-state index in [2.05, 4.69) is 10.3 Å². The van der Waals surface area contributed by atoms with E-state index in [1.807, 2.05) is 19.9 Å². The zero-order valence-corrected chi connectivity index (χ0v) is 17.1. The lowest BCUT2D eigenvalue weighted by Crippen LogP contribution is -2.30. The van der Waals surface area contributed by atoms with Gasteiger partial charge in [0.2, 0.25) is 10.0 Å². The number of carbonyl (C=O) groups is 1. The quantitative estimate of drug-likeness (QED) is 0.784. The number of pyridine rings is 1. The van der Waals surface area contributed by atoms with Crippen LogP contribution in [0.25, 0.3) is 0 Å². The van der Waals surface area contributed by atoms with Gasteiger partial charge in [-0.2, -0.15) is 4.31 Å². The molecule has 1 amide bonds. The highest BCUT2D eigenvalue weighted by Crippen LogP contribution is 2.29. The molecule has 0 fully saturated rings. The van der Waals surface area contributed by atoms with E-state index in [-0.39, 0.29) is 16.3 Å². The Kier molecular flexibility index (Phi) is 6.56. The van der Waals surface area contributed by atoms with Crippen LogP contribution < -0.4 is 10.1 Å². The SMILES string of the molecule is CCN(CC)S(=O)(=O)c1ccc(OC)c(NC(=O)c2cc(C)cc(C)n2)c1. The number of carbonyl (C=O) groups excluding carboxylic acids is 1. The number of nitrogens with one attached hydrogen (secondary N) is 1. The van der Waals surface area contributed by atoms with Crippen molar-refractivity contribution in [3.05, 3.63) is 47.3 Å². The van der Waals surface area contributed by atoms with Crippen LogP contribution in [-0.2, 0) is 10.0 Å². The van der Waals surface area contributed by atoms with Gasteiger partial charge in [-0.3, -0.25) is 4.79 Å². The number of sulfonamides is 1. The zero-order chi connectivity index (χ0) is 20.2. The smallest absolute Gasteiger partial charge is 0.274 e. The molecular weight excluding hydrogens is 366 g/mol. The summed E-state index contributed by atoms with van der Waals surface area (Å²) in [7, 11) is -2.19. The molecule has 0 radical (unpaired) electrons. The van der Waals surface area contributed by atoms with Gasteiger partial charge in [-0.15, -0.1) is 0 Å². The Morgan fingerprint density at radius 1 is 1.15 bits per heavy atom. The topological polar surface area (TPSA) is 88.6 Å². The maximum absolute atomic E-state index is 12.8. The van der Waals surface area contributed by atoms with Crippen LogP contribution >= 0.6 is 0 Å². The molecule has 0 atom stereocenters. The van der Waals surface area contributed by atoms with E-state index in [0.717, 1.165) is 11.3 Å². The molecule has 0 saturated heterocycles. The van der Waals surface area contributed by atoms with Gasteiger partial charge in [0.05, 0.1) is 17.7 Å². The van der Waals surface area contributed by atoms with E-state index in [1.54, 1.807) is 19.9 Å². The van der Waals surface area contributed by atoms with Crippen molar-refractivity contribution >= 4 is 21.6 Å². The summed E-state index contributed by atoms with van der Waals surface area (Å²) < 4.78 is 32.1. The molecule has 0 aliphatic carbocycles. The van der Waals surface area contributed by atoms with Crippen molar-refractivity contribution in [1.29, 1.82) is 0 Å². The van der Waals surface area contributed by atoms with Gasteiger partial charge in [0.1, 0.15) is 11.4 Å². The molecule has 7 nitrogen and oxygen atoms in total. The Balaban J connectivity index is 2.42. The third kappa shape index (κ3) is 4.64. The molecule has 0 bridgehead atoms. The molecular formula is C19H25N3O4S. The van der Waals surface area contributed by atoms with Crippen molar-refractivity contribution in [3.8, 4) is 5.75 Å². The second kappa shape index (κ2) is 8.49. The Labute approximate surface area is 160 Å². The van der Waals surface area contributed by atoms with Gasteiger partial charge < -0.3 is 10.1 Å². The van der Waals surface area contributed by atoms with Crippen molar-refractivity contribution in [2.24, 2.45) is 0 Å². The van der Waals surface area contributed by atoms with Gasteiger partial charge in [0.15, 0.2) is 0 Å². The van der Waals surface area contributed by atoms with Gasteiger partial charge in [-0.05, 0) is 49.7 Å². The molecule has 1 aromatic heterocycles. The molecule has 2 aromatic rings. The molecule has 1 heterocycles. The summed E-state index contributed by atoms with van der Waals surface area (Å²) >= 11 is 0. The fourth-order valence-electron chi connectivity index (χ4n) is 2.80. The zero-order valence-electron chi connectivity index (χ0n) is 16.2. The summed E-state index contributed by atoms with van der Waals surface area (Å²) in [6, 6.07) is 7.95. The van der Waals surface area contributed by atoms with Crippen LogP contribution in [0.2, 0.25) is 0 Å². The van der Waals surface area contributed by atoms with Gasteiger partial charge in [-0.25, -0.2) is 13.4 Å². The summed E-state index contributed by atoms with van der Waals surface area (Å²) in [6.45, 7) is 7.96. The Hall–Kier alpha value is -2.45. The monoisotopic (exact) mass is 391 g/mol. The fraction of sp³-hybridized carbons (Fsp3) is 0.368. The van der Waals surface area contributed by atoms with E-state index in [9.17, 15) is 13.2 Å². The van der Waals surface area contributed by atoms with Gasteiger partial charge in [0, 0.05) is 18.8 Å². The van der Waals surface area contributed by atoms with Crippen LogP contribution in [-0.4, -0.2) is 43.8 Å². The Morgan fingerprint density at radius 2 is 1.81 bits per heavy atom. The molecule has 0 aliphatic rings. The average Bonchev–Trinajstić information content (AvgIpc) is 2.61. The predicted octanol–water partition coefficient (Wildman–Crippen LogP) is 2.99. The first-order chi connectivity index (χ1) is 12.7. The molecule has 1 N–H and O–H groups in total. The van der Waals surface area contributed by atoms with E-state index in [0.29, 0.717) is 18.8 Å². The van der Waals surface area contributed by atoms with E-state index >= 15 is 0 Å². The van der Waals surface area contributed by atoms with Crippen molar-refractivity contribution in [2.75, 3.05) is 25.5 Å². The van der Waals surface area contributed by atoms with Crippen LogP contribution in [0.15, 0.2) is 35.2 Å². The van der Waals surface area contributed by atoms with Crippen LogP contribution in [0.3, 0.4) is 0 Å². The third-order valence-electron chi connectivity index (χ3n) is 4.09. The number of rotatable bonds is 7. The number of aromatic nitrogens is 1. The third-order valence-corrected chi connectivity index (χ3v) is 6.14. The van der Waals surface area contributed by atoms with Crippen molar-refractivity contribution < 1.29 is 17.9 Å². The second-order valence-electron chi connectivity index (χ2n) is 6.08. The van der Waals surface area contributed by atoms with E-state index in [4.69, 9.17) is 4.74 Å². The molecule has 1 aromatic carbocycles. The first-order valence-corrected chi connectivity index (χ1v) is 10.1. The largest absolute Gasteiger partial charge is 0.495 e. The number of benzene rings is 1. The number of nitrogens with zero attached hydrogens (tertiary/aromatic N) is 2. The molecule has 0 unspecified atom stereocenters. The van der Waals surface area contributed by atoms with Crippen LogP contribution in [0.1, 0.15) is 35.6 Å². The minimum absolute atomic E-state index is 0.0932. The first-order valence-electron chi connectivity index (χ1n) is 8.67. The highest BCUT2D eigenvalue weighted by Gasteiger charge is 2.23. The minimum Gasteiger partial charge on any atom is -0.495 e. The van der Waals surface area contributed by atoms with Gasteiger partial charge in [0.25, 0.3) is 5.91 Å². The summed E-state index contributed by atoms with van der Waals surface area (Å²) in [5.74, 6) is -0.0660. The molecule has 146 valence electrons. The standard InChI is InChI=1S/C19H25N3O4S/c1-6-22(7-2)27(24,25)15-8-9-18(26-5)16(12-15)21-19(23)17-11-13(3)10-14(4)20-17/h8-12H,6-7H2,1-5H3,(H,21,23). The number of amides is 1. The van der Waals surface area contributed by atoms with Crippen molar-refractivity contribution in [2.45, 2.75) is 32.6 Å². The van der Waals surface area contributed by atoms with E-state index < -0.39 is 15.9 Å². The minimum atomic E-state index is -3.65. The average molecular weight is 391 g/mol. The number of anilines is 1. The molecule has 2 rings (SSSR count). The summed E-state index contributed by atoms with van der Waals surface area (Å²) in [5, 5.41) is 2.71. The normalized spacial score (nSPS) is 11.5. The van der Waals surface area contributed by atoms with Crippen LogP contribution in [0, 0.1) is 13.8 Å². The number of methoxy groups -OCH3 is 1. The highest BCUT2D eigenvalue weighted by atomic mass is 32.2. The number of aryl methyl sites for hydroxylation is 2. The van der Waals surface area contributed by atoms with Gasteiger partial charge >= 0.3 is 0 Å². The molecule has 0 saturated carbocycles. The number of ether oxygens (including phenoxy) is 1. The highest BCUT2D eigenvalue weighted by molar-refractivity contribution is 7.89. The first kappa shape index (κ1) is 20.9. The summed E-state index contributed by atoms with van der Waals surface area (Å²) in [6.07, 6.45) is 0. The van der Waals surface area contributed by atoms with Crippen molar-refractivity contribution in [1.82, 2.24) is 9.29 Å². The molecule has 0 spiro atoms. The maximum Gasteiger partial charge on any atom is 0.274 e. The lowest BCUT2D eigenvalue weighted by Gasteiger charge is -2.19. The lowest BCUT2D eigenvalue weighted by molar-refractivity contribution is 0.102. The summed E-state index contributed by atoms with van der Waals surface area (Å²) in [4.78, 5) is 16.9. The second-order valence-corrected chi connectivity index (χ2v) is 8.01. The predicted molar refractivity (Wildman–Crippen MR) is 105 cm³/mol. The van der Waals surface area contributed by atoms with Gasteiger partial charge in [-0.1, -0.05) is 13.8 Å².